The van der Waals surface area contributed by atoms with Crippen molar-refractivity contribution in [3.05, 3.63) is 46.7 Å². The van der Waals surface area contributed by atoms with Gasteiger partial charge in [-0.1, -0.05) is 32.1 Å². The van der Waals surface area contributed by atoms with E-state index in [1.807, 2.05) is 13.8 Å². The molecule has 0 rings (SSSR count). The first-order valence-corrected chi connectivity index (χ1v) is 3.71. The van der Waals surface area contributed by atoms with Gasteiger partial charge in [-0.3, -0.25) is 10.1 Å². The molecule has 0 saturated heterocycles. The Kier molecular flexibility index (Phi) is 8.51. The molecule has 0 aliphatic heterocycles. The van der Waals surface area contributed by atoms with Gasteiger partial charge >= 0.3 is 0 Å². The molecule has 0 N–H and O–H groups in total. The van der Waals surface area contributed by atoms with E-state index in [9.17, 15) is 10.1 Å². The maximum atomic E-state index is 9.94. The number of rotatable bonds is 3. The minimum atomic E-state index is -0.542. The smallest absolute Gasteiger partial charge is 0.258 e. The summed E-state index contributed by atoms with van der Waals surface area (Å²) in [5.41, 5.74) is 0.644. The molecule has 0 radical (unpaired) electrons. The standard InChI is InChI=1S/C7H9NO2.C2H6/c1-6(2)4-5-7(3)8(9)10;1-2/h4-5H,1,3H2,2H3;1-2H3/b5-4-;. The van der Waals surface area contributed by atoms with Crippen LogP contribution in [0.5, 0.6) is 0 Å². The van der Waals surface area contributed by atoms with Crippen LogP contribution >= 0.6 is 0 Å². The fourth-order valence-corrected chi connectivity index (χ4v) is 0.299. The highest BCUT2D eigenvalue weighted by molar-refractivity contribution is 5.18. The molecule has 0 fully saturated rings. The number of hydrogen-bond donors (Lipinski definition) is 0. The lowest BCUT2D eigenvalue weighted by Gasteiger charge is -1.85. The first-order valence-electron chi connectivity index (χ1n) is 3.71. The van der Waals surface area contributed by atoms with Crippen LogP contribution in [0.1, 0.15) is 20.8 Å². The van der Waals surface area contributed by atoms with E-state index in [-0.39, 0.29) is 5.70 Å². The minimum Gasteiger partial charge on any atom is -0.258 e. The Morgan fingerprint density at radius 3 is 2.00 bits per heavy atom. The second-order valence-electron chi connectivity index (χ2n) is 1.93. The van der Waals surface area contributed by atoms with E-state index in [2.05, 4.69) is 13.2 Å². The average Bonchev–Trinajstić information content (AvgIpc) is 2.03. The summed E-state index contributed by atoms with van der Waals surface area (Å²) in [6.45, 7) is 12.5. The molecule has 0 aromatic carbocycles. The zero-order valence-electron chi connectivity index (χ0n) is 7.83. The van der Waals surface area contributed by atoms with Crippen molar-refractivity contribution in [3.63, 3.8) is 0 Å². The van der Waals surface area contributed by atoms with E-state index < -0.39 is 4.92 Å². The van der Waals surface area contributed by atoms with Crippen LogP contribution in [0.2, 0.25) is 0 Å². The Labute approximate surface area is 73.2 Å². The Bertz CT molecular complexity index is 205. The van der Waals surface area contributed by atoms with Crippen molar-refractivity contribution in [3.8, 4) is 0 Å². The predicted octanol–water partition coefficient (Wildman–Crippen LogP) is 2.94. The Morgan fingerprint density at radius 2 is 1.75 bits per heavy atom. The van der Waals surface area contributed by atoms with Crippen molar-refractivity contribution in [2.75, 3.05) is 0 Å². The molecule has 0 bridgehead atoms. The third kappa shape index (κ3) is 8.62. The maximum absolute atomic E-state index is 9.94. The Morgan fingerprint density at radius 1 is 1.33 bits per heavy atom. The van der Waals surface area contributed by atoms with Crippen LogP contribution in [0.3, 0.4) is 0 Å². The van der Waals surface area contributed by atoms with Crippen LogP contribution in [-0.2, 0) is 0 Å². The van der Waals surface area contributed by atoms with Crippen LogP contribution in [0.15, 0.2) is 36.6 Å². The van der Waals surface area contributed by atoms with Gasteiger partial charge in [0.1, 0.15) is 0 Å². The summed E-state index contributed by atoms with van der Waals surface area (Å²) < 4.78 is 0. The summed E-state index contributed by atoms with van der Waals surface area (Å²) in [5, 5.41) is 9.94. The summed E-state index contributed by atoms with van der Waals surface area (Å²) in [4.78, 5) is 9.39. The van der Waals surface area contributed by atoms with E-state index in [1.54, 1.807) is 13.0 Å². The molecule has 0 spiro atoms. The molecule has 0 saturated carbocycles. The third-order valence-electron chi connectivity index (χ3n) is 0.795. The van der Waals surface area contributed by atoms with E-state index in [4.69, 9.17) is 0 Å². The topological polar surface area (TPSA) is 43.1 Å². The van der Waals surface area contributed by atoms with Gasteiger partial charge in [-0.05, 0) is 13.5 Å². The zero-order valence-corrected chi connectivity index (χ0v) is 7.83. The molecule has 0 aliphatic rings. The van der Waals surface area contributed by atoms with Crippen molar-refractivity contribution >= 4 is 0 Å². The molecule has 0 unspecified atom stereocenters. The summed E-state index contributed by atoms with van der Waals surface area (Å²) in [6, 6.07) is 0. The number of allylic oxidation sites excluding steroid dienone is 3. The van der Waals surface area contributed by atoms with E-state index >= 15 is 0 Å². The number of nitro groups is 1. The lowest BCUT2D eigenvalue weighted by Crippen LogP contribution is -1.91. The molecule has 68 valence electrons. The Balaban J connectivity index is 0. The molecule has 0 aliphatic carbocycles. The number of nitrogens with zero attached hydrogens (tertiary/aromatic N) is 1. The molecule has 12 heavy (non-hydrogen) atoms. The third-order valence-corrected chi connectivity index (χ3v) is 0.795. The molecular formula is C9H15NO2. The van der Waals surface area contributed by atoms with Crippen molar-refractivity contribution in [2.45, 2.75) is 20.8 Å². The fourth-order valence-electron chi connectivity index (χ4n) is 0.299. The summed E-state index contributed by atoms with van der Waals surface area (Å²) in [6.07, 6.45) is 2.87. The fraction of sp³-hybridized carbons (Fsp3) is 0.333. The summed E-state index contributed by atoms with van der Waals surface area (Å²) in [5.74, 6) is 0. The molecule has 0 aromatic heterocycles. The second kappa shape index (κ2) is 7.72. The quantitative estimate of drug-likeness (QED) is 0.370. The van der Waals surface area contributed by atoms with Crippen LogP contribution in [0.25, 0.3) is 0 Å². The van der Waals surface area contributed by atoms with Gasteiger partial charge in [0.15, 0.2) is 0 Å². The van der Waals surface area contributed by atoms with Crippen molar-refractivity contribution < 1.29 is 4.92 Å². The molecule has 0 amide bonds. The van der Waals surface area contributed by atoms with Gasteiger partial charge in [0.25, 0.3) is 5.70 Å². The van der Waals surface area contributed by atoms with Gasteiger partial charge in [0.05, 0.1) is 4.92 Å². The Hall–Kier alpha value is -1.38. The van der Waals surface area contributed by atoms with Crippen LogP contribution in [0, 0.1) is 10.1 Å². The highest BCUT2D eigenvalue weighted by Gasteiger charge is 1.97. The van der Waals surface area contributed by atoms with Gasteiger partial charge in [-0.25, -0.2) is 0 Å². The molecule has 0 atom stereocenters. The van der Waals surface area contributed by atoms with E-state index in [1.165, 1.54) is 6.08 Å². The highest BCUT2D eigenvalue weighted by atomic mass is 16.6. The predicted molar refractivity (Wildman–Crippen MR) is 51.4 cm³/mol. The first-order chi connectivity index (χ1) is 5.54. The largest absolute Gasteiger partial charge is 0.262 e. The highest BCUT2D eigenvalue weighted by Crippen LogP contribution is 1.96. The second-order valence-corrected chi connectivity index (χ2v) is 1.93. The SMILES string of the molecule is C=C(C)/C=C\C(=C)[N+](=O)[O-].CC. The summed E-state index contributed by atoms with van der Waals surface area (Å²) >= 11 is 0. The first kappa shape index (κ1) is 13.2. The minimum absolute atomic E-state index is 0.122. The average molecular weight is 169 g/mol. The lowest BCUT2D eigenvalue weighted by atomic mass is 10.3. The van der Waals surface area contributed by atoms with Gasteiger partial charge in [0.2, 0.25) is 0 Å². The molecule has 3 heteroatoms. The van der Waals surface area contributed by atoms with Gasteiger partial charge in [-0.15, -0.1) is 0 Å². The van der Waals surface area contributed by atoms with Crippen LogP contribution < -0.4 is 0 Å². The van der Waals surface area contributed by atoms with Crippen LogP contribution in [0.4, 0.5) is 0 Å². The zero-order chi connectivity index (χ0) is 10.1. The van der Waals surface area contributed by atoms with Gasteiger partial charge < -0.3 is 0 Å². The van der Waals surface area contributed by atoms with Crippen LogP contribution in [-0.4, -0.2) is 4.92 Å². The molecule has 0 heterocycles. The van der Waals surface area contributed by atoms with E-state index in [0.29, 0.717) is 0 Å². The monoisotopic (exact) mass is 169 g/mol. The number of hydrogen-bond acceptors (Lipinski definition) is 2. The normalized spacial score (nSPS) is 8.58. The molecular weight excluding hydrogens is 154 g/mol. The van der Waals surface area contributed by atoms with Crippen molar-refractivity contribution in [1.29, 1.82) is 0 Å². The van der Waals surface area contributed by atoms with E-state index in [0.717, 1.165) is 5.57 Å². The van der Waals surface area contributed by atoms with Gasteiger partial charge in [-0.2, -0.15) is 0 Å². The summed E-state index contributed by atoms with van der Waals surface area (Å²) in [7, 11) is 0. The molecule has 0 aromatic rings. The van der Waals surface area contributed by atoms with Crippen molar-refractivity contribution in [1.82, 2.24) is 0 Å². The maximum Gasteiger partial charge on any atom is 0.262 e. The molecule has 3 nitrogen and oxygen atoms in total. The van der Waals surface area contributed by atoms with Crippen molar-refractivity contribution in [2.24, 2.45) is 0 Å². The van der Waals surface area contributed by atoms with Gasteiger partial charge in [0, 0.05) is 6.08 Å². The lowest BCUT2D eigenvalue weighted by molar-refractivity contribution is -0.418.